The van der Waals surface area contributed by atoms with Crippen molar-refractivity contribution in [3.63, 3.8) is 0 Å². The zero-order valence-corrected chi connectivity index (χ0v) is 42.9. The summed E-state index contributed by atoms with van der Waals surface area (Å²) in [4.78, 5) is 58.9. The number of phenols is 2. The normalized spacial score (nSPS) is 33.3. The van der Waals surface area contributed by atoms with Gasteiger partial charge in [0.2, 0.25) is 0 Å². The van der Waals surface area contributed by atoms with Crippen LogP contribution >= 0.6 is 0 Å². The number of rotatable bonds is 6. The Morgan fingerprint density at radius 1 is 0.915 bits per heavy atom. The number of allylic oxidation sites excluding steroid dienone is 2. The third-order valence-corrected chi connectivity index (χ3v) is 15.7. The monoisotopic (exact) mass is 987 g/mol. The summed E-state index contributed by atoms with van der Waals surface area (Å²) in [5, 5.41) is 51.5. The van der Waals surface area contributed by atoms with Gasteiger partial charge in [0.25, 0.3) is 11.7 Å². The fourth-order valence-corrected chi connectivity index (χ4v) is 11.1. The number of nitrogens with one attached hydrogen (secondary N) is 1. The molecule has 71 heavy (non-hydrogen) atoms. The summed E-state index contributed by atoms with van der Waals surface area (Å²) >= 11 is 0. The number of aromatic hydroxyl groups is 2. The molecule has 3 fully saturated rings. The lowest BCUT2D eigenvalue weighted by Crippen LogP contribution is -2.53. The molecule has 5 N–H and O–H groups in total. The van der Waals surface area contributed by atoms with Gasteiger partial charge in [-0.05, 0) is 32.3 Å². The topological polar surface area (TPSA) is 225 Å². The summed E-state index contributed by atoms with van der Waals surface area (Å²) in [6, 6.07) is 0. The van der Waals surface area contributed by atoms with Crippen LogP contribution in [0.2, 0.25) is 0 Å². The van der Waals surface area contributed by atoms with Crippen LogP contribution in [0.3, 0.4) is 0 Å². The van der Waals surface area contributed by atoms with Crippen LogP contribution in [0.25, 0.3) is 10.8 Å². The van der Waals surface area contributed by atoms with Gasteiger partial charge in [-0.15, -0.1) is 0 Å². The van der Waals surface area contributed by atoms with Crippen molar-refractivity contribution in [3.8, 4) is 17.2 Å². The SMILES string of the molecule is CO[C@H]1/C=C/O[C@@]2(C)Oc3c(C)c(O)c4c(O)c(c5c(c4c3C2=O)NC2(CCN(CC(C)C)CC2)N=5)=NC(=O)/C(C)=C\C=C\[C@H](C)[C@H](O)[C@@H](C)[C@@H](O)[C@@H](C)[C@H](OC(=O)N2CCN(CC3CCO3)CC2)[C@@H]1C. The second-order valence-corrected chi connectivity index (χ2v) is 21.3. The largest absolute Gasteiger partial charge is 0.507 e. The number of aliphatic hydroxyl groups is 2. The van der Waals surface area contributed by atoms with Crippen molar-refractivity contribution in [2.24, 2.45) is 39.6 Å². The minimum Gasteiger partial charge on any atom is -0.507 e. The van der Waals surface area contributed by atoms with Crippen molar-refractivity contribution in [2.75, 3.05) is 71.4 Å². The molecule has 388 valence electrons. The Morgan fingerprint density at radius 3 is 2.24 bits per heavy atom. The van der Waals surface area contributed by atoms with Gasteiger partial charge in [-0.3, -0.25) is 19.5 Å². The van der Waals surface area contributed by atoms with E-state index in [2.05, 4.69) is 34.0 Å². The number of ether oxygens (including phenoxy) is 5. The molecule has 3 saturated heterocycles. The Hall–Kier alpha value is -5.11. The number of amides is 2. The van der Waals surface area contributed by atoms with Crippen LogP contribution in [-0.4, -0.2) is 161 Å². The minimum absolute atomic E-state index is 0.0531. The van der Waals surface area contributed by atoms with Crippen LogP contribution < -0.4 is 20.8 Å². The molecular weight excluding hydrogens is 913 g/mol. The Labute approximate surface area is 416 Å². The highest BCUT2D eigenvalue weighted by molar-refractivity contribution is 6.21. The molecule has 9 rings (SSSR count). The standard InChI is InChI=1S/C53H74N6O12/c1-28(2)26-57-18-16-53(17-19-57)55-40-37-38-45(62)34(8)48-39(37)49(64)52(9,71-48)69-25-15-36(67-10)31(5)47(70-51(66)59-22-20-58(21-23-59)27-35-14-24-68-35)33(7)44(61)32(6)43(60)29(3)12-11-13-30(4)50(65)54-42(46(38)63)41(40)56-53/h11-13,15,25,28-29,31-33,35-36,43-44,47,55,60-63H,14,16-24,26-27H2,1-10H3/b12-11+,25-15+,30-13-,54-42?/t29-,31+,32+,33+,35?,36-,43-,44+,47+,52-/m0/s1. The summed E-state index contributed by atoms with van der Waals surface area (Å²) in [6.07, 6.45) is 5.71. The molecule has 18 nitrogen and oxygen atoms in total. The lowest BCUT2D eigenvalue weighted by atomic mass is 9.78. The first-order chi connectivity index (χ1) is 33.7. The number of hydrogen-bond donors (Lipinski definition) is 5. The van der Waals surface area contributed by atoms with Crippen LogP contribution in [0.4, 0.5) is 10.5 Å². The Kier molecular flexibility index (Phi) is 15.3. The summed E-state index contributed by atoms with van der Waals surface area (Å²) in [6.45, 7) is 22.2. The highest BCUT2D eigenvalue weighted by Gasteiger charge is 2.51. The molecule has 0 aliphatic carbocycles. The van der Waals surface area contributed by atoms with E-state index >= 15 is 0 Å². The number of Topliss-reactive ketones (excluding diaryl/α,β-unsaturated/α-hetero) is 1. The number of carbonyl (C=O) groups excluding carboxylic acids is 3. The van der Waals surface area contributed by atoms with Gasteiger partial charge in [0.05, 0.1) is 47.3 Å². The van der Waals surface area contributed by atoms with Crippen molar-refractivity contribution in [1.82, 2.24) is 14.7 Å². The number of nitrogens with zero attached hydrogens (tertiary/aromatic N) is 5. The Morgan fingerprint density at radius 2 is 1.61 bits per heavy atom. The van der Waals surface area contributed by atoms with Crippen molar-refractivity contribution in [3.05, 3.63) is 58.0 Å². The molecule has 2 amide bonds. The number of piperidine rings is 1. The molecule has 0 aromatic heterocycles. The fraction of sp³-hybridized carbons (Fsp3) is 0.642. The van der Waals surface area contributed by atoms with Crippen LogP contribution in [-0.2, 0) is 23.7 Å². The van der Waals surface area contributed by atoms with Crippen LogP contribution in [0.5, 0.6) is 17.2 Å². The zero-order valence-electron chi connectivity index (χ0n) is 42.9. The first kappa shape index (κ1) is 52.2. The van der Waals surface area contributed by atoms with Crippen LogP contribution in [0.15, 0.2) is 46.1 Å². The quantitative estimate of drug-likeness (QED) is 0.247. The van der Waals surface area contributed by atoms with E-state index in [0.717, 1.165) is 39.2 Å². The average molecular weight is 987 g/mol. The van der Waals surface area contributed by atoms with E-state index in [9.17, 15) is 34.8 Å². The maximum absolute atomic E-state index is 15.0. The molecule has 0 radical (unpaired) electrons. The molecule has 2 aromatic rings. The molecule has 18 heteroatoms. The summed E-state index contributed by atoms with van der Waals surface area (Å²) < 4.78 is 30.6. The number of methoxy groups -OCH3 is 1. The zero-order chi connectivity index (χ0) is 51.3. The van der Waals surface area contributed by atoms with Crippen molar-refractivity contribution in [1.29, 1.82) is 0 Å². The average Bonchev–Trinajstić information content (AvgIpc) is 3.83. The van der Waals surface area contributed by atoms with E-state index < -0.39 is 83.1 Å². The number of piperazine rings is 1. The van der Waals surface area contributed by atoms with Gasteiger partial charge >= 0.3 is 11.9 Å². The highest BCUT2D eigenvalue weighted by Crippen LogP contribution is 2.51. The minimum atomic E-state index is -1.98. The molecule has 0 saturated carbocycles. The van der Waals surface area contributed by atoms with Crippen molar-refractivity contribution < 1.29 is 58.5 Å². The molecule has 2 aromatic carbocycles. The second kappa shape index (κ2) is 20.8. The van der Waals surface area contributed by atoms with E-state index in [1.54, 1.807) is 63.8 Å². The Balaban J connectivity index is 1.19. The number of fused-ring (bicyclic) bond motifs is 13. The predicted molar refractivity (Wildman–Crippen MR) is 265 cm³/mol. The molecule has 5 bridgehead atoms. The van der Waals surface area contributed by atoms with Gasteiger partial charge in [-0.2, -0.15) is 0 Å². The Bertz CT molecular complexity index is 2600. The molecule has 10 atom stereocenters. The van der Waals surface area contributed by atoms with Gasteiger partial charge in [0.1, 0.15) is 34.0 Å². The van der Waals surface area contributed by atoms with Gasteiger partial charge in [-0.25, -0.2) is 9.79 Å². The van der Waals surface area contributed by atoms with E-state index in [4.69, 9.17) is 28.7 Å². The highest BCUT2D eigenvalue weighted by atomic mass is 16.7. The molecule has 7 aliphatic rings. The molecular formula is C53H74N6O12. The third kappa shape index (κ3) is 10.2. The summed E-state index contributed by atoms with van der Waals surface area (Å²) in [5.41, 5.74) is -0.126. The second-order valence-electron chi connectivity index (χ2n) is 21.3. The van der Waals surface area contributed by atoms with E-state index in [1.807, 2.05) is 6.92 Å². The first-order valence-corrected chi connectivity index (χ1v) is 25.4. The van der Waals surface area contributed by atoms with Crippen LogP contribution in [0.1, 0.15) is 90.6 Å². The number of ketones is 1. The van der Waals surface area contributed by atoms with E-state index in [1.165, 1.54) is 20.3 Å². The number of phenolic OH excluding ortho intramolecular Hbond substituents is 2. The maximum Gasteiger partial charge on any atom is 0.410 e. The fourth-order valence-electron chi connectivity index (χ4n) is 11.1. The van der Waals surface area contributed by atoms with Gasteiger partial charge in [0.15, 0.2) is 5.75 Å². The maximum atomic E-state index is 15.0. The lowest BCUT2D eigenvalue weighted by molar-refractivity contribution is -0.114. The lowest BCUT2D eigenvalue weighted by Gasteiger charge is -2.41. The molecule has 7 aliphatic heterocycles. The molecule has 7 heterocycles. The van der Waals surface area contributed by atoms with Crippen molar-refractivity contribution in [2.45, 2.75) is 124 Å². The summed E-state index contributed by atoms with van der Waals surface area (Å²) in [5.74, 6) is -6.19. The first-order valence-electron chi connectivity index (χ1n) is 25.4. The van der Waals surface area contributed by atoms with Gasteiger partial charge in [-0.1, -0.05) is 59.8 Å². The number of benzene rings is 2. The van der Waals surface area contributed by atoms with Gasteiger partial charge < -0.3 is 59.2 Å². The van der Waals surface area contributed by atoms with Gasteiger partial charge in [0, 0.05) is 126 Å². The molecule has 1 spiro atoms. The number of aliphatic hydroxyl groups excluding tert-OH is 2. The number of likely N-dealkylation sites (tertiary alicyclic amines) is 1. The van der Waals surface area contributed by atoms with Crippen LogP contribution in [0, 0.1) is 36.5 Å². The number of anilines is 1. The van der Waals surface area contributed by atoms with E-state index in [0.29, 0.717) is 50.6 Å². The number of hydrogen-bond acceptors (Lipinski definition) is 16. The smallest absolute Gasteiger partial charge is 0.410 e. The molecule has 1 unspecified atom stereocenters. The predicted octanol–water partition coefficient (Wildman–Crippen LogP) is 4.73. The summed E-state index contributed by atoms with van der Waals surface area (Å²) in [7, 11) is 1.50. The van der Waals surface area contributed by atoms with Crippen molar-refractivity contribution >= 4 is 34.2 Å². The number of carbonyl (C=O) groups is 3. The van der Waals surface area contributed by atoms with E-state index in [-0.39, 0.29) is 55.8 Å². The third-order valence-electron chi connectivity index (χ3n) is 15.7.